The number of hydrogen-bond donors (Lipinski definition) is 1. The second-order valence-electron chi connectivity index (χ2n) is 6.49. The molecule has 2 aromatic rings. The molecule has 7 heteroatoms. The number of halogens is 1. The van der Waals surface area contributed by atoms with Crippen LogP contribution in [0.2, 0.25) is 0 Å². The van der Waals surface area contributed by atoms with Gasteiger partial charge in [0.15, 0.2) is 6.61 Å². The van der Waals surface area contributed by atoms with E-state index in [1.54, 1.807) is 7.11 Å². The van der Waals surface area contributed by atoms with Crippen LogP contribution in [-0.4, -0.2) is 57.4 Å². The van der Waals surface area contributed by atoms with Gasteiger partial charge in [-0.05, 0) is 35.9 Å². The van der Waals surface area contributed by atoms with Gasteiger partial charge in [0.05, 0.1) is 26.4 Å². The van der Waals surface area contributed by atoms with Crippen LogP contribution in [0, 0.1) is 0 Å². The zero-order valence-corrected chi connectivity index (χ0v) is 17.5. The van der Waals surface area contributed by atoms with Gasteiger partial charge in [-0.25, -0.2) is 0 Å². The maximum absolute atomic E-state index is 12.3. The van der Waals surface area contributed by atoms with Crippen molar-refractivity contribution in [1.29, 1.82) is 0 Å². The van der Waals surface area contributed by atoms with E-state index < -0.39 is 0 Å². The molecule has 1 fully saturated rings. The van der Waals surface area contributed by atoms with Crippen LogP contribution in [0.25, 0.3) is 0 Å². The Morgan fingerprint density at radius 2 is 1.93 bits per heavy atom. The van der Waals surface area contributed by atoms with Crippen LogP contribution in [0.15, 0.2) is 53.0 Å². The van der Waals surface area contributed by atoms with Crippen molar-refractivity contribution in [1.82, 2.24) is 10.2 Å². The minimum Gasteiger partial charge on any atom is -0.497 e. The summed E-state index contributed by atoms with van der Waals surface area (Å²) in [4.78, 5) is 14.6. The molecule has 0 aromatic heterocycles. The fourth-order valence-corrected chi connectivity index (χ4v) is 3.52. The summed E-state index contributed by atoms with van der Waals surface area (Å²) in [5, 5.41) is 3.00. The van der Waals surface area contributed by atoms with E-state index in [0.29, 0.717) is 25.5 Å². The van der Waals surface area contributed by atoms with Gasteiger partial charge in [-0.15, -0.1) is 0 Å². The Morgan fingerprint density at radius 3 is 2.61 bits per heavy atom. The number of methoxy groups -OCH3 is 1. The normalized spacial score (nSPS) is 15.6. The van der Waals surface area contributed by atoms with Crippen molar-refractivity contribution in [2.75, 3.05) is 46.6 Å². The smallest absolute Gasteiger partial charge is 0.258 e. The standard InChI is InChI=1S/C21H25BrN2O4/c1-26-18-7-5-16(6-8-18)20(24-9-11-27-12-10-24)14-23-21(25)15-28-19-4-2-3-17(22)13-19/h2-8,13,20H,9-12,14-15H2,1H3,(H,23,25). The molecule has 1 saturated heterocycles. The monoisotopic (exact) mass is 448 g/mol. The van der Waals surface area contributed by atoms with Gasteiger partial charge >= 0.3 is 0 Å². The van der Waals surface area contributed by atoms with Crippen LogP contribution in [-0.2, 0) is 9.53 Å². The predicted octanol–water partition coefficient (Wildman–Crippen LogP) is 3.03. The number of ether oxygens (including phenoxy) is 3. The zero-order chi connectivity index (χ0) is 19.8. The predicted molar refractivity (Wildman–Crippen MR) is 111 cm³/mol. The Labute approximate surface area is 173 Å². The number of benzene rings is 2. The highest BCUT2D eigenvalue weighted by atomic mass is 79.9. The lowest BCUT2D eigenvalue weighted by Crippen LogP contribution is -2.44. The van der Waals surface area contributed by atoms with Gasteiger partial charge in [0.1, 0.15) is 11.5 Å². The van der Waals surface area contributed by atoms with Crippen molar-refractivity contribution in [2.45, 2.75) is 6.04 Å². The summed E-state index contributed by atoms with van der Waals surface area (Å²) in [6, 6.07) is 15.5. The van der Waals surface area contributed by atoms with Crippen LogP contribution >= 0.6 is 15.9 Å². The zero-order valence-electron chi connectivity index (χ0n) is 15.9. The lowest BCUT2D eigenvalue weighted by atomic mass is 10.0. The number of hydrogen-bond acceptors (Lipinski definition) is 5. The third-order valence-corrected chi connectivity index (χ3v) is 5.14. The molecule has 1 N–H and O–H groups in total. The average Bonchev–Trinajstić information content (AvgIpc) is 2.74. The highest BCUT2D eigenvalue weighted by Gasteiger charge is 2.23. The Hall–Kier alpha value is -2.09. The molecule has 1 aliphatic heterocycles. The van der Waals surface area contributed by atoms with E-state index in [-0.39, 0.29) is 18.6 Å². The summed E-state index contributed by atoms with van der Waals surface area (Å²) in [5.74, 6) is 1.33. The maximum Gasteiger partial charge on any atom is 0.258 e. The number of amides is 1. The number of rotatable bonds is 8. The molecule has 1 amide bonds. The summed E-state index contributed by atoms with van der Waals surface area (Å²) in [5.41, 5.74) is 1.14. The molecule has 0 saturated carbocycles. The van der Waals surface area contributed by atoms with Crippen molar-refractivity contribution in [3.8, 4) is 11.5 Å². The van der Waals surface area contributed by atoms with E-state index in [2.05, 4.69) is 26.1 Å². The van der Waals surface area contributed by atoms with Gasteiger partial charge in [-0.3, -0.25) is 9.69 Å². The Bertz CT molecular complexity index is 763. The molecule has 150 valence electrons. The van der Waals surface area contributed by atoms with E-state index in [0.717, 1.165) is 28.9 Å². The molecule has 1 aliphatic rings. The van der Waals surface area contributed by atoms with Crippen LogP contribution in [0.1, 0.15) is 11.6 Å². The van der Waals surface area contributed by atoms with Crippen LogP contribution < -0.4 is 14.8 Å². The largest absolute Gasteiger partial charge is 0.497 e. The first-order chi connectivity index (χ1) is 13.7. The molecular weight excluding hydrogens is 424 g/mol. The number of nitrogens with one attached hydrogen (secondary N) is 1. The third kappa shape index (κ3) is 5.95. The Balaban J connectivity index is 1.59. The van der Waals surface area contributed by atoms with Crippen molar-refractivity contribution >= 4 is 21.8 Å². The van der Waals surface area contributed by atoms with Crippen molar-refractivity contribution in [3.63, 3.8) is 0 Å². The summed E-state index contributed by atoms with van der Waals surface area (Å²) in [6.45, 7) is 3.56. The first-order valence-corrected chi connectivity index (χ1v) is 10.1. The quantitative estimate of drug-likeness (QED) is 0.672. The Kier molecular flexibility index (Phi) is 7.71. The number of nitrogens with zero attached hydrogens (tertiary/aromatic N) is 1. The molecule has 0 spiro atoms. The minimum atomic E-state index is -0.147. The molecular formula is C21H25BrN2O4. The number of carbonyl (C=O) groups excluding carboxylic acids is 1. The molecule has 6 nitrogen and oxygen atoms in total. The van der Waals surface area contributed by atoms with Gasteiger partial charge < -0.3 is 19.5 Å². The van der Waals surface area contributed by atoms with Crippen LogP contribution in [0.5, 0.6) is 11.5 Å². The maximum atomic E-state index is 12.3. The second kappa shape index (κ2) is 10.5. The fraction of sp³-hybridized carbons (Fsp3) is 0.381. The molecule has 1 unspecified atom stereocenters. The van der Waals surface area contributed by atoms with Crippen molar-refractivity contribution in [2.24, 2.45) is 0 Å². The molecule has 0 bridgehead atoms. The Morgan fingerprint density at radius 1 is 1.18 bits per heavy atom. The van der Waals surface area contributed by atoms with Crippen molar-refractivity contribution in [3.05, 3.63) is 58.6 Å². The van der Waals surface area contributed by atoms with Crippen LogP contribution in [0.3, 0.4) is 0 Å². The highest BCUT2D eigenvalue weighted by Crippen LogP contribution is 2.24. The van der Waals surface area contributed by atoms with Crippen LogP contribution in [0.4, 0.5) is 0 Å². The molecule has 1 atom stereocenters. The summed E-state index contributed by atoms with van der Waals surface area (Å²) < 4.78 is 17.2. The first-order valence-electron chi connectivity index (χ1n) is 9.26. The minimum absolute atomic E-state index is 0.0190. The van der Waals surface area contributed by atoms with E-state index >= 15 is 0 Å². The molecule has 3 rings (SSSR count). The van der Waals surface area contributed by atoms with Gasteiger partial charge in [0.2, 0.25) is 0 Å². The van der Waals surface area contributed by atoms with Gasteiger partial charge in [-0.1, -0.05) is 34.1 Å². The summed E-state index contributed by atoms with van der Waals surface area (Å²) in [6.07, 6.45) is 0. The summed E-state index contributed by atoms with van der Waals surface area (Å²) >= 11 is 3.39. The second-order valence-corrected chi connectivity index (χ2v) is 7.40. The van der Waals surface area contributed by atoms with E-state index in [1.165, 1.54) is 0 Å². The van der Waals surface area contributed by atoms with Crippen molar-refractivity contribution < 1.29 is 19.0 Å². The lowest BCUT2D eigenvalue weighted by Gasteiger charge is -2.35. The highest BCUT2D eigenvalue weighted by molar-refractivity contribution is 9.10. The third-order valence-electron chi connectivity index (χ3n) is 4.65. The lowest BCUT2D eigenvalue weighted by molar-refractivity contribution is -0.123. The first kappa shape index (κ1) is 20.6. The topological polar surface area (TPSA) is 60.0 Å². The number of morpholine rings is 1. The SMILES string of the molecule is COc1ccc(C(CNC(=O)COc2cccc(Br)c2)N2CCOCC2)cc1. The van der Waals surface area contributed by atoms with Gasteiger partial charge in [0.25, 0.3) is 5.91 Å². The number of carbonyl (C=O) groups is 1. The van der Waals surface area contributed by atoms with Gasteiger partial charge in [0, 0.05) is 24.1 Å². The van der Waals surface area contributed by atoms with E-state index in [9.17, 15) is 4.79 Å². The molecule has 2 aromatic carbocycles. The molecule has 0 aliphatic carbocycles. The molecule has 1 heterocycles. The molecule has 28 heavy (non-hydrogen) atoms. The summed E-state index contributed by atoms with van der Waals surface area (Å²) in [7, 11) is 1.65. The van der Waals surface area contributed by atoms with E-state index in [1.807, 2.05) is 48.5 Å². The van der Waals surface area contributed by atoms with Gasteiger partial charge in [-0.2, -0.15) is 0 Å². The van der Waals surface area contributed by atoms with E-state index in [4.69, 9.17) is 14.2 Å². The molecule has 0 radical (unpaired) electrons. The average molecular weight is 449 g/mol. The fourth-order valence-electron chi connectivity index (χ4n) is 3.14.